The Hall–Kier alpha value is -3.37. The summed E-state index contributed by atoms with van der Waals surface area (Å²) < 4.78 is 17.0. The first-order valence-electron chi connectivity index (χ1n) is 26.0. The first kappa shape index (κ1) is 82.6. The van der Waals surface area contributed by atoms with Crippen molar-refractivity contribution in [2.24, 2.45) is 0 Å². The van der Waals surface area contributed by atoms with Crippen LogP contribution in [-0.2, 0) is 17.8 Å². The zero-order valence-corrected chi connectivity index (χ0v) is 49.6. The van der Waals surface area contributed by atoms with E-state index in [1.807, 2.05) is 113 Å². The highest BCUT2D eigenvalue weighted by atomic mass is 19.1. The van der Waals surface area contributed by atoms with Crippen molar-refractivity contribution in [2.45, 2.75) is 104 Å². The maximum atomic E-state index is 12.3. The minimum atomic E-state index is -0.181. The fourth-order valence-corrected chi connectivity index (χ4v) is 5.32. The number of allylic oxidation sites excluding steroid dienone is 2. The molecular formula is C58H118FN11O2. The molecule has 0 aliphatic heterocycles. The Labute approximate surface area is 446 Å². The Kier molecular flexibility index (Phi) is 90.7. The lowest BCUT2D eigenvalue weighted by molar-refractivity contribution is 0.201. The van der Waals surface area contributed by atoms with Gasteiger partial charge in [0, 0.05) is 65.0 Å². The van der Waals surface area contributed by atoms with Gasteiger partial charge < -0.3 is 67.9 Å². The van der Waals surface area contributed by atoms with E-state index < -0.39 is 0 Å². The van der Waals surface area contributed by atoms with Gasteiger partial charge in [0.15, 0.2) is 0 Å². The zero-order valence-electron chi connectivity index (χ0n) is 49.6. The second-order valence-electron chi connectivity index (χ2n) is 16.9. The van der Waals surface area contributed by atoms with E-state index in [4.69, 9.17) is 16.3 Å². The lowest BCUT2D eigenvalue weighted by atomic mass is 9.96. The maximum absolute atomic E-state index is 12.3. The number of nitrogens with one attached hydrogen (secondary N) is 10. The highest BCUT2D eigenvalue weighted by Gasteiger charge is 2.11. The van der Waals surface area contributed by atoms with Crippen molar-refractivity contribution < 1.29 is 14.2 Å². The molecule has 2 fully saturated rings. The molecule has 2 aromatic rings. The summed E-state index contributed by atoms with van der Waals surface area (Å²) in [7, 11) is 26.9. The molecule has 2 aromatic carbocycles. The summed E-state index contributed by atoms with van der Waals surface area (Å²) in [6.45, 7) is 17.7. The van der Waals surface area contributed by atoms with Crippen LogP contribution in [-0.4, -0.2) is 173 Å². The summed E-state index contributed by atoms with van der Waals surface area (Å²) in [6, 6.07) is 18.5. The average Bonchev–Trinajstić information content (AvgIpc) is 3.93. The van der Waals surface area contributed by atoms with Crippen molar-refractivity contribution >= 4 is 0 Å². The highest BCUT2D eigenvalue weighted by molar-refractivity contribution is 5.15. The summed E-state index contributed by atoms with van der Waals surface area (Å²) in [5.74, 6) is 2.23. The molecular weight excluding hydrogens is 902 g/mol. The average molecular weight is 1020 g/mol. The van der Waals surface area contributed by atoms with Crippen LogP contribution in [0, 0.1) is 18.2 Å². The topological polar surface area (TPSA) is 153 Å². The van der Waals surface area contributed by atoms with Crippen molar-refractivity contribution in [1.82, 2.24) is 58.1 Å². The Morgan fingerprint density at radius 3 is 1.33 bits per heavy atom. The van der Waals surface area contributed by atoms with Crippen molar-refractivity contribution in [3.63, 3.8) is 0 Å². The number of halogens is 1. The molecule has 0 atom stereocenters. The van der Waals surface area contributed by atoms with Crippen LogP contribution in [0.15, 0.2) is 91.1 Å². The SMILES string of the molecule is C#CCNC.C/C=C/CNC.C=CCNC.CN(C)C.CNC1CCCC1.CNC1CCCCC1.CNCC=C(C)C.CNCCO.CNCCOC.CNCc1ccc(F)cc1.CNCc1ccccc1. The van der Waals surface area contributed by atoms with E-state index in [9.17, 15) is 4.39 Å². The summed E-state index contributed by atoms with van der Waals surface area (Å²) in [4.78, 5) is 2.00. The summed E-state index contributed by atoms with van der Waals surface area (Å²) >= 11 is 0. The van der Waals surface area contributed by atoms with Crippen LogP contribution in [0.3, 0.4) is 0 Å². The van der Waals surface area contributed by atoms with Gasteiger partial charge in [-0.25, -0.2) is 4.39 Å². The van der Waals surface area contributed by atoms with E-state index in [0.717, 1.165) is 63.5 Å². The Morgan fingerprint density at radius 1 is 0.667 bits per heavy atom. The number of terminal acetylenes is 1. The molecule has 11 N–H and O–H groups in total. The Bertz CT molecular complexity index is 1310. The largest absolute Gasteiger partial charge is 0.395 e. The molecule has 0 heterocycles. The highest BCUT2D eigenvalue weighted by Crippen LogP contribution is 2.17. The van der Waals surface area contributed by atoms with Crippen molar-refractivity contribution in [2.75, 3.05) is 151 Å². The first-order chi connectivity index (χ1) is 34.7. The molecule has 0 amide bonds. The quantitative estimate of drug-likeness (QED) is 0.0421. The predicted octanol–water partition coefficient (Wildman–Crippen LogP) is 7.05. The second kappa shape index (κ2) is 79.0. The van der Waals surface area contributed by atoms with Gasteiger partial charge in [-0.05, 0) is 161 Å². The fraction of sp³-hybridized carbons (Fsp3) is 0.655. The van der Waals surface area contributed by atoms with Gasteiger partial charge in [0.05, 0.1) is 19.8 Å². The van der Waals surface area contributed by atoms with Crippen LogP contribution in [0.1, 0.15) is 89.7 Å². The number of aliphatic hydroxyl groups excluding tert-OH is 1. The van der Waals surface area contributed by atoms with Crippen LogP contribution in [0.25, 0.3) is 0 Å². The molecule has 4 rings (SSSR count). The lowest BCUT2D eigenvalue weighted by Crippen LogP contribution is -2.26. The third-order valence-corrected chi connectivity index (χ3v) is 9.11. The molecule has 424 valence electrons. The molecule has 0 unspecified atom stereocenters. The number of hydrogen-bond acceptors (Lipinski definition) is 13. The van der Waals surface area contributed by atoms with Crippen LogP contribution in [0.2, 0.25) is 0 Å². The number of nitrogens with zero attached hydrogens (tertiary/aromatic N) is 1. The molecule has 13 nitrogen and oxygen atoms in total. The third-order valence-electron chi connectivity index (χ3n) is 9.11. The van der Waals surface area contributed by atoms with Crippen molar-refractivity contribution in [3.8, 4) is 12.3 Å². The molecule has 0 radical (unpaired) electrons. The van der Waals surface area contributed by atoms with Crippen LogP contribution in [0.5, 0.6) is 0 Å². The molecule has 0 saturated heterocycles. The van der Waals surface area contributed by atoms with Crippen molar-refractivity contribution in [3.05, 3.63) is 108 Å². The summed E-state index contributed by atoms with van der Waals surface area (Å²) in [5, 5.41) is 38.0. The Morgan fingerprint density at radius 2 is 1.11 bits per heavy atom. The number of aliphatic hydroxyl groups is 1. The monoisotopic (exact) mass is 1020 g/mol. The molecule has 14 heteroatoms. The molecule has 72 heavy (non-hydrogen) atoms. The van der Waals surface area contributed by atoms with E-state index >= 15 is 0 Å². The van der Waals surface area contributed by atoms with Gasteiger partial charge in [-0.2, -0.15) is 0 Å². The lowest BCUT2D eigenvalue weighted by Gasteiger charge is -2.20. The van der Waals surface area contributed by atoms with E-state index in [0.29, 0.717) is 13.1 Å². The predicted molar refractivity (Wildman–Crippen MR) is 321 cm³/mol. The number of ether oxygens (including phenoxy) is 1. The normalized spacial score (nSPS) is 11.9. The fourth-order valence-electron chi connectivity index (χ4n) is 5.32. The van der Waals surface area contributed by atoms with E-state index in [1.165, 1.54) is 81.1 Å². The van der Waals surface area contributed by atoms with Gasteiger partial charge >= 0.3 is 0 Å². The van der Waals surface area contributed by atoms with Crippen LogP contribution < -0.4 is 53.2 Å². The number of hydrogen-bond donors (Lipinski definition) is 11. The number of benzene rings is 2. The first-order valence-corrected chi connectivity index (χ1v) is 26.0. The maximum Gasteiger partial charge on any atom is 0.123 e. The van der Waals surface area contributed by atoms with Gasteiger partial charge in [-0.3, -0.25) is 0 Å². The third kappa shape index (κ3) is 92.7. The second-order valence-corrected chi connectivity index (χ2v) is 16.9. The van der Waals surface area contributed by atoms with Crippen LogP contribution >= 0.6 is 0 Å². The van der Waals surface area contributed by atoms with Gasteiger partial charge in [-0.15, -0.1) is 13.0 Å². The molecule has 0 bridgehead atoms. The molecule has 2 aliphatic rings. The molecule has 2 aliphatic carbocycles. The van der Waals surface area contributed by atoms with Gasteiger partial charge in [0.25, 0.3) is 0 Å². The minimum Gasteiger partial charge on any atom is -0.395 e. The van der Waals surface area contributed by atoms with Gasteiger partial charge in [0.2, 0.25) is 0 Å². The van der Waals surface area contributed by atoms with Crippen molar-refractivity contribution in [1.29, 1.82) is 0 Å². The van der Waals surface area contributed by atoms with E-state index in [2.05, 4.69) is 118 Å². The van der Waals surface area contributed by atoms with Crippen LogP contribution in [0.4, 0.5) is 4.39 Å². The number of likely N-dealkylation sites (N-methyl/N-ethyl adjacent to an activating group) is 5. The van der Waals surface area contributed by atoms with E-state index in [1.54, 1.807) is 26.3 Å². The van der Waals surface area contributed by atoms with E-state index in [-0.39, 0.29) is 12.4 Å². The number of methoxy groups -OCH3 is 1. The smallest absolute Gasteiger partial charge is 0.123 e. The van der Waals surface area contributed by atoms with Gasteiger partial charge in [0.1, 0.15) is 5.82 Å². The molecule has 0 spiro atoms. The summed E-state index contributed by atoms with van der Waals surface area (Å²) in [5.41, 5.74) is 3.80. The molecule has 2 saturated carbocycles. The number of rotatable bonds is 18. The molecule has 0 aromatic heterocycles. The van der Waals surface area contributed by atoms with Gasteiger partial charge in [-0.1, -0.05) is 110 Å². The summed E-state index contributed by atoms with van der Waals surface area (Å²) in [6.07, 6.45) is 25.7. The minimum absolute atomic E-state index is 0.181. The Balaban J connectivity index is -0.000000131. The standard InChI is InChI=1S/C8H10FN.C8H11N.C7H15N.2C6H13N.C5H11N.C4H11NO.C4H9N.C4H7N.C3H9NO.C3H9N/c1-10-6-7-2-4-8(9)5-3-7;1-9-7-8-5-3-2-4-6-8;1-8-7-5-3-2-4-6-7;1-7-6-4-2-3-5-6;1-6(2)4-5-7-3;1-3-4-5-6-2;1-5-3-4-6-2;2*1-3-4-5-2;1-4-2-3-5;1-4(2)3/h2-5,10H,6H2,1H3;2-6,9H,7H2,1H3;7-8H,2-6H2,1H3;6-7H,2-5H2,1H3;4,7H,5H2,1-3H3;3-4,6H,5H2,1-2H3;5H,3-4H2,1-2H3;3,5H,1,4H2,2H3;1,5H,4H2,2H3;4-5H,2-3H2,1H3;1-3H3/b;;;;;4-3+;;;;;. The zero-order chi connectivity index (χ0) is 56.2.